The first-order valence-corrected chi connectivity index (χ1v) is 8.07. The van der Waals surface area contributed by atoms with Crippen molar-refractivity contribution in [3.05, 3.63) is 41.1 Å². The maximum atomic E-state index is 11.0. The normalized spacial score (nSPS) is 19.6. The minimum absolute atomic E-state index is 0.107. The van der Waals surface area contributed by atoms with Crippen LogP contribution in [0.3, 0.4) is 0 Å². The molecule has 0 bridgehead atoms. The van der Waals surface area contributed by atoms with Gasteiger partial charge in [-0.15, -0.1) is 0 Å². The lowest BCUT2D eigenvalue weighted by Crippen LogP contribution is -2.41. The number of aliphatic hydroxyl groups is 1. The van der Waals surface area contributed by atoms with Gasteiger partial charge in [-0.25, -0.2) is 4.79 Å². The van der Waals surface area contributed by atoms with Crippen LogP contribution >= 0.6 is 0 Å². The molecule has 1 aliphatic heterocycles. The van der Waals surface area contributed by atoms with E-state index in [0.717, 1.165) is 5.56 Å². The van der Waals surface area contributed by atoms with Crippen LogP contribution in [0.15, 0.2) is 34.2 Å². The van der Waals surface area contributed by atoms with Crippen LogP contribution in [-0.4, -0.2) is 41.1 Å². The average Bonchev–Trinajstić information content (AvgIpc) is 3.03. The van der Waals surface area contributed by atoms with Gasteiger partial charge in [0.2, 0.25) is 5.76 Å². The lowest BCUT2D eigenvalue weighted by Gasteiger charge is -2.32. The highest BCUT2D eigenvalue weighted by Gasteiger charge is 2.52. The Morgan fingerprint density at radius 3 is 2.36 bits per heavy atom. The fourth-order valence-corrected chi connectivity index (χ4v) is 2.65. The maximum Gasteiger partial charge on any atom is 0.492 e. The van der Waals surface area contributed by atoms with Gasteiger partial charge in [-0.1, -0.05) is 12.1 Å². The van der Waals surface area contributed by atoms with Crippen molar-refractivity contribution in [3.8, 4) is 0 Å². The minimum Gasteiger partial charge on any atom is -0.475 e. The van der Waals surface area contributed by atoms with E-state index in [0.29, 0.717) is 16.4 Å². The van der Waals surface area contributed by atoms with Crippen LogP contribution in [-0.2, 0) is 9.31 Å². The average molecular weight is 344 g/mol. The molecule has 25 heavy (non-hydrogen) atoms. The first-order valence-electron chi connectivity index (χ1n) is 8.07. The third kappa shape index (κ3) is 3.22. The van der Waals surface area contributed by atoms with Crippen LogP contribution in [0.5, 0.6) is 0 Å². The van der Waals surface area contributed by atoms with Gasteiger partial charge in [0.25, 0.3) is 0 Å². The van der Waals surface area contributed by atoms with Gasteiger partial charge in [-0.05, 0) is 56.9 Å². The summed E-state index contributed by atoms with van der Waals surface area (Å²) in [4.78, 5) is 11.0. The van der Waals surface area contributed by atoms with Crippen molar-refractivity contribution in [1.29, 1.82) is 0 Å². The fourth-order valence-electron chi connectivity index (χ4n) is 2.65. The first kappa shape index (κ1) is 17.7. The molecule has 0 unspecified atom stereocenters. The molecule has 0 spiro atoms. The zero-order valence-electron chi connectivity index (χ0n) is 14.7. The van der Waals surface area contributed by atoms with E-state index in [1.807, 2.05) is 27.7 Å². The third-order valence-electron chi connectivity index (χ3n) is 4.84. The summed E-state index contributed by atoms with van der Waals surface area (Å²) in [6, 6.07) is 6.76. The summed E-state index contributed by atoms with van der Waals surface area (Å²) in [5.41, 5.74) is 0.910. The molecular formula is C18H21BO6. The Kier molecular flexibility index (Phi) is 4.27. The number of carboxylic acids is 1. The van der Waals surface area contributed by atoms with E-state index >= 15 is 0 Å². The first-order chi connectivity index (χ1) is 11.6. The molecule has 6 nitrogen and oxygen atoms in total. The van der Waals surface area contributed by atoms with Crippen molar-refractivity contribution >= 4 is 30.1 Å². The number of fused-ring (bicyclic) bond motifs is 1. The molecule has 132 valence electrons. The SMILES string of the molecule is CC1(C)OB(C(=Cc2ccc3oc(C(=O)O)cc3c2)CO)OC1(C)C. The molecule has 2 aromatic rings. The van der Waals surface area contributed by atoms with E-state index in [1.54, 1.807) is 24.3 Å². The predicted molar refractivity (Wildman–Crippen MR) is 94.3 cm³/mol. The van der Waals surface area contributed by atoms with Crippen LogP contribution in [0.2, 0.25) is 0 Å². The summed E-state index contributed by atoms with van der Waals surface area (Å²) in [5.74, 6) is -1.22. The van der Waals surface area contributed by atoms with Gasteiger partial charge in [-0.2, -0.15) is 0 Å². The number of rotatable bonds is 4. The number of carbonyl (C=O) groups is 1. The van der Waals surface area contributed by atoms with E-state index in [9.17, 15) is 9.90 Å². The van der Waals surface area contributed by atoms with Crippen molar-refractivity contribution in [1.82, 2.24) is 0 Å². The van der Waals surface area contributed by atoms with Gasteiger partial charge < -0.3 is 23.9 Å². The highest BCUT2D eigenvalue weighted by atomic mass is 16.7. The lowest BCUT2D eigenvalue weighted by molar-refractivity contribution is 0.00578. The second kappa shape index (κ2) is 6.02. The van der Waals surface area contributed by atoms with Crippen LogP contribution in [0, 0.1) is 0 Å². The molecule has 0 atom stereocenters. The molecule has 1 aromatic carbocycles. The summed E-state index contributed by atoms with van der Waals surface area (Å²) in [6.07, 6.45) is 1.79. The molecule has 2 heterocycles. The molecule has 3 rings (SSSR count). The Labute approximate surface area is 146 Å². The van der Waals surface area contributed by atoms with Crippen molar-refractivity contribution in [2.45, 2.75) is 38.9 Å². The molecule has 1 saturated heterocycles. The van der Waals surface area contributed by atoms with Gasteiger partial charge in [0, 0.05) is 5.39 Å². The Morgan fingerprint density at radius 2 is 1.80 bits per heavy atom. The standard InChI is InChI=1S/C18H21BO6/c1-17(2)18(3,4)25-19(24-17)13(10-20)8-11-5-6-14-12(7-11)9-15(23-14)16(21)22/h5-9,20H,10H2,1-4H3,(H,21,22). The lowest BCUT2D eigenvalue weighted by atomic mass is 9.77. The Balaban J connectivity index is 1.92. The number of aromatic carboxylic acids is 1. The van der Waals surface area contributed by atoms with Gasteiger partial charge in [-0.3, -0.25) is 0 Å². The summed E-state index contributed by atoms with van der Waals surface area (Å²) >= 11 is 0. The third-order valence-corrected chi connectivity index (χ3v) is 4.84. The topological polar surface area (TPSA) is 89.1 Å². The van der Waals surface area contributed by atoms with Crippen molar-refractivity contribution < 1.29 is 28.7 Å². The molecule has 2 N–H and O–H groups in total. The Bertz CT molecular complexity index is 832. The molecule has 0 saturated carbocycles. The van der Waals surface area contributed by atoms with Crippen molar-refractivity contribution in [3.63, 3.8) is 0 Å². The molecule has 1 aliphatic rings. The molecule has 1 aromatic heterocycles. The summed E-state index contributed by atoms with van der Waals surface area (Å²) in [7, 11) is -0.635. The molecule has 0 radical (unpaired) electrons. The number of furan rings is 1. The van der Waals surface area contributed by atoms with E-state index in [-0.39, 0.29) is 12.4 Å². The zero-order chi connectivity index (χ0) is 18.4. The summed E-state index contributed by atoms with van der Waals surface area (Å²) in [6.45, 7) is 7.60. The summed E-state index contributed by atoms with van der Waals surface area (Å²) < 4.78 is 17.2. The van der Waals surface area contributed by atoms with Crippen LogP contribution in [0.25, 0.3) is 17.0 Å². The zero-order valence-corrected chi connectivity index (χ0v) is 14.7. The van der Waals surface area contributed by atoms with Crippen molar-refractivity contribution in [2.24, 2.45) is 0 Å². The maximum absolute atomic E-state index is 11.0. The second-order valence-electron chi connectivity index (χ2n) is 7.18. The highest BCUT2D eigenvalue weighted by molar-refractivity contribution is 6.55. The van der Waals surface area contributed by atoms with Gasteiger partial charge in [0.1, 0.15) is 5.58 Å². The quantitative estimate of drug-likeness (QED) is 0.829. The number of hydrogen-bond donors (Lipinski definition) is 2. The van der Waals surface area contributed by atoms with Gasteiger partial charge in [0.05, 0.1) is 17.8 Å². The van der Waals surface area contributed by atoms with Crippen molar-refractivity contribution in [2.75, 3.05) is 6.61 Å². The number of carboxylic acid groups (broad SMARTS) is 1. The van der Waals surface area contributed by atoms with E-state index in [2.05, 4.69) is 0 Å². The van der Waals surface area contributed by atoms with E-state index in [4.69, 9.17) is 18.8 Å². The number of benzene rings is 1. The van der Waals surface area contributed by atoms with Crippen LogP contribution in [0.1, 0.15) is 43.8 Å². The molecule has 0 aliphatic carbocycles. The van der Waals surface area contributed by atoms with Crippen LogP contribution in [0.4, 0.5) is 0 Å². The largest absolute Gasteiger partial charge is 0.492 e. The molecule has 7 heteroatoms. The Morgan fingerprint density at radius 1 is 1.16 bits per heavy atom. The van der Waals surface area contributed by atoms with E-state index in [1.165, 1.54) is 6.07 Å². The second-order valence-corrected chi connectivity index (χ2v) is 7.18. The molecular weight excluding hydrogens is 323 g/mol. The summed E-state index contributed by atoms with van der Waals surface area (Å²) in [5, 5.41) is 19.4. The minimum atomic E-state index is -1.11. The van der Waals surface area contributed by atoms with Gasteiger partial charge in [0.15, 0.2) is 0 Å². The number of hydrogen-bond acceptors (Lipinski definition) is 5. The molecule has 1 fully saturated rings. The monoisotopic (exact) mass is 344 g/mol. The Hall–Kier alpha value is -2.09. The molecule has 0 amide bonds. The van der Waals surface area contributed by atoms with E-state index < -0.39 is 24.3 Å². The van der Waals surface area contributed by atoms with Gasteiger partial charge >= 0.3 is 13.1 Å². The predicted octanol–water partition coefficient (Wildman–Crippen LogP) is 3.14. The van der Waals surface area contributed by atoms with Crippen LogP contribution < -0.4 is 0 Å². The smallest absolute Gasteiger partial charge is 0.475 e. The highest BCUT2D eigenvalue weighted by Crippen LogP contribution is 2.38. The number of aliphatic hydroxyl groups excluding tert-OH is 1. The fraction of sp³-hybridized carbons (Fsp3) is 0.389.